The largest absolute Gasteiger partial charge is 0.394 e. The average molecular weight is 250 g/mol. The number of nitrogens with zero attached hydrogens (tertiary/aromatic N) is 1. The Morgan fingerprint density at radius 3 is 2.56 bits per heavy atom. The van der Waals surface area contributed by atoms with Crippen LogP contribution in [-0.4, -0.2) is 17.3 Å². The summed E-state index contributed by atoms with van der Waals surface area (Å²) >= 11 is 0. The van der Waals surface area contributed by atoms with E-state index in [-0.39, 0.29) is 12.1 Å². The molecule has 0 aliphatic carbocycles. The molecule has 0 amide bonds. The van der Waals surface area contributed by atoms with Gasteiger partial charge < -0.3 is 10.4 Å². The second-order valence-electron chi connectivity index (χ2n) is 4.41. The summed E-state index contributed by atoms with van der Waals surface area (Å²) < 4.78 is 13.0. The van der Waals surface area contributed by atoms with Crippen LogP contribution in [0.1, 0.15) is 37.8 Å². The Hall–Kier alpha value is -1.44. The van der Waals surface area contributed by atoms with Crippen molar-refractivity contribution in [3.8, 4) is 6.07 Å². The number of aliphatic hydroxyl groups excluding tert-OH is 1. The van der Waals surface area contributed by atoms with Crippen molar-refractivity contribution in [3.63, 3.8) is 0 Å². The van der Waals surface area contributed by atoms with Gasteiger partial charge in [-0.3, -0.25) is 0 Å². The molecule has 0 saturated carbocycles. The Morgan fingerprint density at radius 2 is 2.06 bits per heavy atom. The van der Waals surface area contributed by atoms with E-state index >= 15 is 0 Å². The average Bonchev–Trinajstić information content (AvgIpc) is 2.42. The first kappa shape index (κ1) is 14.6. The van der Waals surface area contributed by atoms with Gasteiger partial charge in [-0.05, 0) is 30.5 Å². The molecule has 0 saturated heterocycles. The minimum Gasteiger partial charge on any atom is -0.394 e. The molecule has 0 spiro atoms. The summed E-state index contributed by atoms with van der Waals surface area (Å²) in [4.78, 5) is 0. The molecule has 4 heteroatoms. The number of halogens is 1. The number of hydrogen-bond acceptors (Lipinski definition) is 3. The lowest BCUT2D eigenvalue weighted by Gasteiger charge is -2.31. The molecule has 0 aromatic heterocycles. The van der Waals surface area contributed by atoms with E-state index in [1.165, 1.54) is 12.1 Å². The highest BCUT2D eigenvalue weighted by molar-refractivity contribution is 5.37. The standard InChI is InChI=1S/C14H19FN2O/c1-3-14(4-2,10-18)17-9-11-5-6-13(15)7-12(11)8-16/h5-7,17-18H,3-4,9-10H2,1-2H3. The van der Waals surface area contributed by atoms with E-state index in [9.17, 15) is 9.50 Å². The number of aliphatic hydroxyl groups is 1. The van der Waals surface area contributed by atoms with Gasteiger partial charge in [-0.1, -0.05) is 19.9 Å². The second kappa shape index (κ2) is 6.48. The van der Waals surface area contributed by atoms with Gasteiger partial charge in [0.05, 0.1) is 18.2 Å². The first-order valence-electron chi connectivity index (χ1n) is 6.15. The zero-order chi connectivity index (χ0) is 13.6. The summed E-state index contributed by atoms with van der Waals surface area (Å²) in [6.07, 6.45) is 1.59. The summed E-state index contributed by atoms with van der Waals surface area (Å²) in [6, 6.07) is 6.16. The predicted molar refractivity (Wildman–Crippen MR) is 68.4 cm³/mol. The van der Waals surface area contributed by atoms with Crippen LogP contribution in [0.3, 0.4) is 0 Å². The maximum Gasteiger partial charge on any atom is 0.124 e. The Kier molecular flexibility index (Phi) is 5.26. The molecule has 0 bridgehead atoms. The topological polar surface area (TPSA) is 56.0 Å². The van der Waals surface area contributed by atoms with Gasteiger partial charge in [0, 0.05) is 12.1 Å². The molecule has 0 fully saturated rings. The van der Waals surface area contributed by atoms with Gasteiger partial charge in [0.25, 0.3) is 0 Å². The molecule has 0 aliphatic heterocycles. The molecule has 0 heterocycles. The molecular weight excluding hydrogens is 231 g/mol. The lowest BCUT2D eigenvalue weighted by atomic mass is 9.93. The zero-order valence-electron chi connectivity index (χ0n) is 10.8. The molecule has 1 rings (SSSR count). The van der Waals surface area contributed by atoms with E-state index in [2.05, 4.69) is 5.32 Å². The number of nitriles is 1. The van der Waals surface area contributed by atoms with Crippen molar-refractivity contribution in [1.29, 1.82) is 5.26 Å². The van der Waals surface area contributed by atoms with Crippen molar-refractivity contribution >= 4 is 0 Å². The van der Waals surface area contributed by atoms with Crippen molar-refractivity contribution in [3.05, 3.63) is 35.1 Å². The second-order valence-corrected chi connectivity index (χ2v) is 4.41. The minimum atomic E-state index is -0.408. The fourth-order valence-electron chi connectivity index (χ4n) is 1.87. The van der Waals surface area contributed by atoms with Crippen molar-refractivity contribution in [2.45, 2.75) is 38.8 Å². The maximum absolute atomic E-state index is 13.0. The predicted octanol–water partition coefficient (Wildman–Crippen LogP) is 2.34. The van der Waals surface area contributed by atoms with Gasteiger partial charge in [-0.15, -0.1) is 0 Å². The zero-order valence-corrected chi connectivity index (χ0v) is 10.8. The summed E-state index contributed by atoms with van der Waals surface area (Å²) in [5.41, 5.74) is 0.751. The highest BCUT2D eigenvalue weighted by Crippen LogP contribution is 2.17. The van der Waals surface area contributed by atoms with E-state index in [0.29, 0.717) is 12.1 Å². The van der Waals surface area contributed by atoms with Crippen LogP contribution in [0.25, 0.3) is 0 Å². The van der Waals surface area contributed by atoms with Crippen LogP contribution in [0.15, 0.2) is 18.2 Å². The molecule has 0 aliphatic rings. The highest BCUT2D eigenvalue weighted by Gasteiger charge is 2.24. The highest BCUT2D eigenvalue weighted by atomic mass is 19.1. The smallest absolute Gasteiger partial charge is 0.124 e. The third-order valence-electron chi connectivity index (χ3n) is 3.50. The molecule has 18 heavy (non-hydrogen) atoms. The monoisotopic (exact) mass is 250 g/mol. The first-order chi connectivity index (χ1) is 8.60. The summed E-state index contributed by atoms with van der Waals surface area (Å²) in [6.45, 7) is 4.50. The molecule has 2 N–H and O–H groups in total. The van der Waals surface area contributed by atoms with Crippen LogP contribution in [0.2, 0.25) is 0 Å². The lowest BCUT2D eigenvalue weighted by Crippen LogP contribution is -2.47. The molecule has 98 valence electrons. The van der Waals surface area contributed by atoms with E-state index in [0.717, 1.165) is 18.4 Å². The van der Waals surface area contributed by atoms with Crippen LogP contribution in [0, 0.1) is 17.1 Å². The molecule has 1 aromatic rings. The number of hydrogen-bond donors (Lipinski definition) is 2. The van der Waals surface area contributed by atoms with E-state index in [1.54, 1.807) is 6.07 Å². The van der Waals surface area contributed by atoms with Gasteiger partial charge >= 0.3 is 0 Å². The van der Waals surface area contributed by atoms with E-state index in [4.69, 9.17) is 5.26 Å². The van der Waals surface area contributed by atoms with Crippen LogP contribution >= 0.6 is 0 Å². The fraction of sp³-hybridized carbons (Fsp3) is 0.500. The van der Waals surface area contributed by atoms with Crippen LogP contribution < -0.4 is 5.32 Å². The molecule has 0 unspecified atom stereocenters. The quantitative estimate of drug-likeness (QED) is 0.814. The summed E-state index contributed by atoms with van der Waals surface area (Å²) in [5.74, 6) is -0.408. The van der Waals surface area contributed by atoms with Crippen molar-refractivity contribution < 1.29 is 9.50 Å². The summed E-state index contributed by atoms with van der Waals surface area (Å²) in [7, 11) is 0. The molecule has 0 atom stereocenters. The van der Waals surface area contributed by atoms with Gasteiger partial charge in [0.1, 0.15) is 5.82 Å². The SMILES string of the molecule is CCC(CC)(CO)NCc1ccc(F)cc1C#N. The van der Waals surface area contributed by atoms with Gasteiger partial charge in [-0.2, -0.15) is 5.26 Å². The Balaban J connectivity index is 2.83. The number of benzene rings is 1. The molecule has 0 radical (unpaired) electrons. The van der Waals surface area contributed by atoms with Gasteiger partial charge in [-0.25, -0.2) is 4.39 Å². The van der Waals surface area contributed by atoms with Crippen LogP contribution in [0.4, 0.5) is 4.39 Å². The lowest BCUT2D eigenvalue weighted by molar-refractivity contribution is 0.149. The third kappa shape index (κ3) is 3.28. The molecule has 3 nitrogen and oxygen atoms in total. The summed E-state index contributed by atoms with van der Waals surface area (Å²) in [5, 5.41) is 21.7. The van der Waals surface area contributed by atoms with Gasteiger partial charge in [0.15, 0.2) is 0 Å². The van der Waals surface area contributed by atoms with Crippen molar-refractivity contribution in [2.24, 2.45) is 0 Å². The van der Waals surface area contributed by atoms with E-state index in [1.807, 2.05) is 19.9 Å². The number of rotatable bonds is 6. The van der Waals surface area contributed by atoms with Crippen LogP contribution in [0.5, 0.6) is 0 Å². The Bertz CT molecular complexity index is 428. The Labute approximate surface area is 107 Å². The Morgan fingerprint density at radius 1 is 1.39 bits per heavy atom. The molecular formula is C14H19FN2O. The third-order valence-corrected chi connectivity index (χ3v) is 3.50. The van der Waals surface area contributed by atoms with Crippen molar-refractivity contribution in [1.82, 2.24) is 5.32 Å². The van der Waals surface area contributed by atoms with Crippen LogP contribution in [-0.2, 0) is 6.54 Å². The maximum atomic E-state index is 13.0. The van der Waals surface area contributed by atoms with Gasteiger partial charge in [0.2, 0.25) is 0 Å². The fourth-order valence-corrected chi connectivity index (χ4v) is 1.87. The van der Waals surface area contributed by atoms with E-state index < -0.39 is 5.82 Å². The van der Waals surface area contributed by atoms with Crippen molar-refractivity contribution in [2.75, 3.05) is 6.61 Å². The minimum absolute atomic E-state index is 0.0447. The molecule has 1 aromatic carbocycles. The first-order valence-corrected chi connectivity index (χ1v) is 6.15. The normalized spacial score (nSPS) is 11.3. The number of nitrogens with one attached hydrogen (secondary N) is 1.